The number of benzene rings is 2. The third-order valence-electron chi connectivity index (χ3n) is 3.90. The van der Waals surface area contributed by atoms with E-state index in [2.05, 4.69) is 15.5 Å². The zero-order chi connectivity index (χ0) is 17.8. The first-order chi connectivity index (χ1) is 12.1. The summed E-state index contributed by atoms with van der Waals surface area (Å²) >= 11 is 0. The number of carbonyl (C=O) groups excluding carboxylic acids is 2. The number of nitrogens with zero attached hydrogens (tertiary/aromatic N) is 2. The average Bonchev–Trinajstić information content (AvgIpc) is 2.64. The van der Waals surface area contributed by atoms with E-state index in [1.807, 2.05) is 6.07 Å². The molecule has 0 saturated heterocycles. The third kappa shape index (κ3) is 3.50. The van der Waals surface area contributed by atoms with E-state index in [1.54, 1.807) is 43.5 Å². The molecule has 0 aliphatic carbocycles. The van der Waals surface area contributed by atoms with E-state index in [0.29, 0.717) is 28.3 Å². The zero-order valence-corrected chi connectivity index (χ0v) is 13.9. The Morgan fingerprint density at radius 2 is 1.96 bits per heavy atom. The number of hydrogen-bond donors (Lipinski definition) is 1. The van der Waals surface area contributed by atoms with Crippen LogP contribution in [0.1, 0.15) is 28.4 Å². The van der Waals surface area contributed by atoms with Crippen molar-refractivity contribution in [3.63, 3.8) is 0 Å². The predicted octanol–water partition coefficient (Wildman–Crippen LogP) is 3.38. The Kier molecular flexibility index (Phi) is 4.74. The van der Waals surface area contributed by atoms with Gasteiger partial charge in [-0.1, -0.05) is 18.2 Å². The number of methoxy groups -OCH3 is 2. The minimum atomic E-state index is -0.488. The first-order valence-electron chi connectivity index (χ1n) is 7.68. The zero-order valence-electron chi connectivity index (χ0n) is 13.9. The summed E-state index contributed by atoms with van der Waals surface area (Å²) in [6.45, 7) is 0. The van der Waals surface area contributed by atoms with Crippen LogP contribution < -0.4 is 14.8 Å². The van der Waals surface area contributed by atoms with Crippen LogP contribution in [0.4, 0.5) is 5.69 Å². The molecule has 7 heteroatoms. The quantitative estimate of drug-likeness (QED) is 0.904. The van der Waals surface area contributed by atoms with Gasteiger partial charge in [-0.2, -0.15) is 5.11 Å². The van der Waals surface area contributed by atoms with Gasteiger partial charge in [0.15, 0.2) is 0 Å². The Morgan fingerprint density at radius 3 is 2.72 bits per heavy atom. The lowest BCUT2D eigenvalue weighted by atomic mass is 9.97. The minimum Gasteiger partial charge on any atom is -0.497 e. The van der Waals surface area contributed by atoms with Gasteiger partial charge in [-0.05, 0) is 23.8 Å². The highest BCUT2D eigenvalue weighted by atomic mass is 16.5. The SMILES string of the molecule is COc1ccc(NC(=O)CC2N=NC(=O)c3ccccc32)c(OC)c1. The Morgan fingerprint density at radius 1 is 1.16 bits per heavy atom. The van der Waals surface area contributed by atoms with Crippen molar-refractivity contribution in [2.75, 3.05) is 19.5 Å². The number of carbonyl (C=O) groups is 2. The maximum Gasteiger partial charge on any atom is 0.295 e. The van der Waals surface area contributed by atoms with Crippen molar-refractivity contribution in [3.8, 4) is 11.5 Å². The molecule has 3 rings (SSSR count). The van der Waals surface area contributed by atoms with Crippen molar-refractivity contribution in [1.29, 1.82) is 0 Å². The first kappa shape index (κ1) is 16.6. The second kappa shape index (κ2) is 7.12. The molecule has 0 radical (unpaired) electrons. The molecule has 2 aromatic rings. The third-order valence-corrected chi connectivity index (χ3v) is 3.90. The summed E-state index contributed by atoms with van der Waals surface area (Å²) in [5.74, 6) is 0.484. The lowest BCUT2D eigenvalue weighted by Crippen LogP contribution is -2.18. The van der Waals surface area contributed by atoms with Crippen LogP contribution in [0.25, 0.3) is 0 Å². The monoisotopic (exact) mass is 339 g/mol. The van der Waals surface area contributed by atoms with Gasteiger partial charge in [0.05, 0.1) is 26.3 Å². The van der Waals surface area contributed by atoms with Crippen LogP contribution in [0.3, 0.4) is 0 Å². The van der Waals surface area contributed by atoms with E-state index in [1.165, 1.54) is 7.11 Å². The van der Waals surface area contributed by atoms with Crippen molar-refractivity contribution in [1.82, 2.24) is 0 Å². The fourth-order valence-corrected chi connectivity index (χ4v) is 2.65. The standard InChI is InChI=1S/C18H17N3O4/c1-24-11-7-8-14(16(9-11)25-2)19-17(22)10-15-12-5-3-4-6-13(12)18(23)21-20-15/h3-9,15H,10H2,1-2H3,(H,19,22). The fourth-order valence-electron chi connectivity index (χ4n) is 2.65. The van der Waals surface area contributed by atoms with E-state index < -0.39 is 6.04 Å². The van der Waals surface area contributed by atoms with Gasteiger partial charge in [0.25, 0.3) is 5.91 Å². The number of fused-ring (bicyclic) bond motifs is 1. The minimum absolute atomic E-state index is 0.0724. The van der Waals surface area contributed by atoms with Gasteiger partial charge >= 0.3 is 0 Å². The van der Waals surface area contributed by atoms with Crippen molar-refractivity contribution in [3.05, 3.63) is 53.6 Å². The molecule has 0 aromatic heterocycles. The van der Waals surface area contributed by atoms with E-state index in [0.717, 1.165) is 0 Å². The molecule has 0 fully saturated rings. The van der Waals surface area contributed by atoms with Crippen LogP contribution >= 0.6 is 0 Å². The highest BCUT2D eigenvalue weighted by Gasteiger charge is 2.25. The molecule has 1 atom stereocenters. The number of hydrogen-bond acceptors (Lipinski definition) is 5. The molecular weight excluding hydrogens is 322 g/mol. The largest absolute Gasteiger partial charge is 0.497 e. The predicted molar refractivity (Wildman–Crippen MR) is 91.2 cm³/mol. The van der Waals surface area contributed by atoms with Gasteiger partial charge in [-0.25, -0.2) is 0 Å². The molecule has 1 aliphatic rings. The van der Waals surface area contributed by atoms with Crippen LogP contribution in [0.2, 0.25) is 0 Å². The van der Waals surface area contributed by atoms with E-state index >= 15 is 0 Å². The second-order valence-electron chi connectivity index (χ2n) is 5.44. The highest BCUT2D eigenvalue weighted by Crippen LogP contribution is 2.32. The van der Waals surface area contributed by atoms with Gasteiger partial charge in [0, 0.05) is 11.6 Å². The highest BCUT2D eigenvalue weighted by molar-refractivity contribution is 5.98. The number of nitrogens with one attached hydrogen (secondary N) is 1. The Balaban J connectivity index is 1.75. The molecule has 1 aliphatic heterocycles. The maximum absolute atomic E-state index is 12.4. The number of azo groups is 1. The van der Waals surface area contributed by atoms with Crippen LogP contribution in [0.5, 0.6) is 11.5 Å². The van der Waals surface area contributed by atoms with Gasteiger partial charge in [-0.3, -0.25) is 9.59 Å². The number of rotatable bonds is 5. The second-order valence-corrected chi connectivity index (χ2v) is 5.44. The molecule has 1 unspecified atom stereocenters. The number of ether oxygens (including phenoxy) is 2. The van der Waals surface area contributed by atoms with Gasteiger partial charge < -0.3 is 14.8 Å². The number of anilines is 1. The summed E-state index contributed by atoms with van der Waals surface area (Å²) in [5, 5.41) is 10.4. The molecule has 0 saturated carbocycles. The van der Waals surface area contributed by atoms with E-state index in [4.69, 9.17) is 9.47 Å². The summed E-state index contributed by atoms with van der Waals surface area (Å²) in [5.41, 5.74) is 1.72. The summed E-state index contributed by atoms with van der Waals surface area (Å²) in [6, 6.07) is 11.7. The van der Waals surface area contributed by atoms with E-state index in [9.17, 15) is 9.59 Å². The van der Waals surface area contributed by atoms with E-state index in [-0.39, 0.29) is 18.2 Å². The smallest absolute Gasteiger partial charge is 0.295 e. The maximum atomic E-state index is 12.4. The molecule has 2 aromatic carbocycles. The number of amides is 2. The summed E-state index contributed by atoms with van der Waals surface area (Å²) in [7, 11) is 3.07. The summed E-state index contributed by atoms with van der Waals surface area (Å²) < 4.78 is 10.4. The van der Waals surface area contributed by atoms with Crippen molar-refractivity contribution in [2.45, 2.75) is 12.5 Å². The molecule has 2 amide bonds. The van der Waals surface area contributed by atoms with Crippen LogP contribution in [0, 0.1) is 0 Å². The molecule has 0 bridgehead atoms. The lowest BCUT2D eigenvalue weighted by Gasteiger charge is -2.18. The molecule has 25 heavy (non-hydrogen) atoms. The van der Waals surface area contributed by atoms with Crippen molar-refractivity contribution < 1.29 is 19.1 Å². The summed E-state index contributed by atoms with van der Waals surface area (Å²) in [6.07, 6.45) is 0.0724. The van der Waals surface area contributed by atoms with Gasteiger partial charge in [0.2, 0.25) is 5.91 Å². The van der Waals surface area contributed by atoms with Crippen LogP contribution in [-0.4, -0.2) is 26.0 Å². The Hall–Kier alpha value is -3.22. The lowest BCUT2D eigenvalue weighted by molar-refractivity contribution is -0.116. The molecule has 1 N–H and O–H groups in total. The Labute approximate surface area is 144 Å². The normalized spacial score (nSPS) is 15.4. The van der Waals surface area contributed by atoms with Gasteiger partial charge in [-0.15, -0.1) is 5.11 Å². The van der Waals surface area contributed by atoms with Crippen LogP contribution in [0.15, 0.2) is 52.7 Å². The van der Waals surface area contributed by atoms with Crippen molar-refractivity contribution >= 4 is 17.5 Å². The van der Waals surface area contributed by atoms with Crippen LogP contribution in [-0.2, 0) is 4.79 Å². The van der Waals surface area contributed by atoms with Crippen molar-refractivity contribution in [2.24, 2.45) is 10.2 Å². The first-order valence-corrected chi connectivity index (χ1v) is 7.68. The molecule has 7 nitrogen and oxygen atoms in total. The fraction of sp³-hybridized carbons (Fsp3) is 0.222. The summed E-state index contributed by atoms with van der Waals surface area (Å²) in [4.78, 5) is 24.2. The average molecular weight is 339 g/mol. The molecular formula is C18H17N3O4. The molecule has 0 spiro atoms. The topological polar surface area (TPSA) is 89.4 Å². The molecule has 1 heterocycles. The molecule has 128 valence electrons. The van der Waals surface area contributed by atoms with Gasteiger partial charge in [0.1, 0.15) is 17.5 Å². The Bertz CT molecular complexity index is 848.